The number of nitrogens with one attached hydrogen (secondary N) is 1. The topological polar surface area (TPSA) is 110 Å². The second-order valence-corrected chi connectivity index (χ2v) is 8.84. The Balaban J connectivity index is 1.29. The van der Waals surface area contributed by atoms with E-state index in [4.69, 9.17) is 14.2 Å². The minimum absolute atomic E-state index is 0.0685. The predicted octanol–water partition coefficient (Wildman–Crippen LogP) is 3.03. The first-order valence-corrected chi connectivity index (χ1v) is 11.7. The van der Waals surface area contributed by atoms with Gasteiger partial charge in [-0.15, -0.1) is 0 Å². The van der Waals surface area contributed by atoms with Crippen LogP contribution in [0.5, 0.6) is 11.5 Å². The minimum Gasteiger partial charge on any atom is -0.494 e. The van der Waals surface area contributed by atoms with Gasteiger partial charge in [-0.05, 0) is 32.6 Å². The Kier molecular flexibility index (Phi) is 6.36. The lowest BCUT2D eigenvalue weighted by Gasteiger charge is -2.33. The van der Waals surface area contributed by atoms with Crippen LogP contribution in [0.25, 0.3) is 5.52 Å². The number of pyridine rings is 1. The first-order valence-electron chi connectivity index (χ1n) is 11.7. The van der Waals surface area contributed by atoms with Crippen molar-refractivity contribution < 1.29 is 14.2 Å². The smallest absolute Gasteiger partial charge is 0.223 e. The van der Waals surface area contributed by atoms with Crippen molar-refractivity contribution in [2.45, 2.75) is 50.9 Å². The largest absolute Gasteiger partial charge is 0.494 e. The Morgan fingerprint density at radius 2 is 1.97 bits per heavy atom. The Morgan fingerprint density at radius 1 is 1.18 bits per heavy atom. The van der Waals surface area contributed by atoms with E-state index in [0.717, 1.165) is 50.0 Å². The molecule has 1 aliphatic heterocycles. The minimum atomic E-state index is 0.0685. The molecule has 34 heavy (non-hydrogen) atoms. The molecule has 2 fully saturated rings. The van der Waals surface area contributed by atoms with Gasteiger partial charge in [0.2, 0.25) is 5.95 Å². The average Bonchev–Trinajstić information content (AvgIpc) is 3.29. The van der Waals surface area contributed by atoms with Gasteiger partial charge in [-0.3, -0.25) is 0 Å². The van der Waals surface area contributed by atoms with Gasteiger partial charge in [-0.1, -0.05) is 0 Å². The molecule has 1 aliphatic carbocycles. The molecule has 1 saturated heterocycles. The summed E-state index contributed by atoms with van der Waals surface area (Å²) < 4.78 is 19.1. The third kappa shape index (κ3) is 4.70. The summed E-state index contributed by atoms with van der Waals surface area (Å²) in [5.74, 6) is 1.96. The number of aromatic nitrogens is 4. The second kappa shape index (κ2) is 9.73. The summed E-state index contributed by atoms with van der Waals surface area (Å²) in [7, 11) is 1.60. The Morgan fingerprint density at radius 3 is 2.68 bits per heavy atom. The van der Waals surface area contributed by atoms with E-state index in [1.807, 2.05) is 12.3 Å². The quantitative estimate of drug-likeness (QED) is 0.590. The van der Waals surface area contributed by atoms with E-state index < -0.39 is 0 Å². The molecule has 0 radical (unpaired) electrons. The first-order chi connectivity index (χ1) is 16.6. The van der Waals surface area contributed by atoms with Crippen LogP contribution in [0.15, 0.2) is 30.9 Å². The zero-order valence-electron chi connectivity index (χ0n) is 19.5. The maximum Gasteiger partial charge on any atom is 0.223 e. The Bertz CT molecular complexity index is 1170. The van der Waals surface area contributed by atoms with Crippen molar-refractivity contribution in [1.29, 1.82) is 5.26 Å². The molecule has 3 aromatic heterocycles. The first kappa shape index (κ1) is 22.2. The maximum absolute atomic E-state index is 9.60. The van der Waals surface area contributed by atoms with Crippen LogP contribution in [0.2, 0.25) is 0 Å². The molecule has 10 nitrogen and oxygen atoms in total. The van der Waals surface area contributed by atoms with E-state index in [9.17, 15) is 5.26 Å². The summed E-state index contributed by atoms with van der Waals surface area (Å²) in [6.45, 7) is 4.38. The fraction of sp³-hybridized carbons (Fsp3) is 0.500. The van der Waals surface area contributed by atoms with Crippen molar-refractivity contribution in [3.05, 3.63) is 36.4 Å². The summed E-state index contributed by atoms with van der Waals surface area (Å²) in [6.07, 6.45) is 10.8. The molecule has 1 atom stereocenters. The maximum atomic E-state index is 9.60. The van der Waals surface area contributed by atoms with Crippen LogP contribution in [0.4, 0.5) is 11.6 Å². The number of nitriles is 1. The van der Waals surface area contributed by atoms with Crippen LogP contribution in [0, 0.1) is 11.3 Å². The van der Waals surface area contributed by atoms with Gasteiger partial charge in [0.1, 0.15) is 22.9 Å². The molecule has 1 unspecified atom stereocenters. The van der Waals surface area contributed by atoms with Crippen molar-refractivity contribution in [2.24, 2.45) is 0 Å². The average molecular weight is 464 g/mol. The highest BCUT2D eigenvalue weighted by molar-refractivity contribution is 5.72. The van der Waals surface area contributed by atoms with E-state index in [-0.39, 0.29) is 12.2 Å². The second-order valence-electron chi connectivity index (χ2n) is 8.84. The third-order valence-electron chi connectivity index (χ3n) is 6.45. The van der Waals surface area contributed by atoms with Gasteiger partial charge in [0.25, 0.3) is 0 Å². The lowest BCUT2D eigenvalue weighted by molar-refractivity contribution is 0.0531. The molecular weight excluding hydrogens is 434 g/mol. The van der Waals surface area contributed by atoms with Gasteiger partial charge in [-0.25, -0.2) is 14.5 Å². The zero-order chi connectivity index (χ0) is 23.5. The van der Waals surface area contributed by atoms with E-state index in [1.54, 1.807) is 30.2 Å². The van der Waals surface area contributed by atoms with Gasteiger partial charge < -0.3 is 24.4 Å². The molecule has 5 rings (SSSR count). The fourth-order valence-corrected chi connectivity index (χ4v) is 4.65. The number of morpholine rings is 1. The number of ether oxygens (including phenoxy) is 3. The SMILES string of the molecule is COc1cnc(NC2CCC(Oc3cc(N4CCOC(C)C4)cn4ncc(C#N)c34)CC2)nc1. The molecule has 1 saturated carbocycles. The molecular formula is C24H29N7O3. The van der Waals surface area contributed by atoms with Gasteiger partial charge in [0, 0.05) is 25.2 Å². The molecule has 0 bridgehead atoms. The van der Waals surface area contributed by atoms with Crippen molar-refractivity contribution >= 4 is 17.2 Å². The molecule has 178 valence electrons. The summed E-state index contributed by atoms with van der Waals surface area (Å²) in [4.78, 5) is 10.9. The zero-order valence-corrected chi connectivity index (χ0v) is 19.5. The van der Waals surface area contributed by atoms with Crippen molar-refractivity contribution in [2.75, 3.05) is 37.0 Å². The molecule has 3 aromatic rings. The Labute approximate surface area is 198 Å². The van der Waals surface area contributed by atoms with Crippen molar-refractivity contribution in [3.63, 3.8) is 0 Å². The molecule has 0 spiro atoms. The summed E-state index contributed by atoms with van der Waals surface area (Å²) >= 11 is 0. The lowest BCUT2D eigenvalue weighted by Crippen LogP contribution is -2.41. The summed E-state index contributed by atoms with van der Waals surface area (Å²) in [5, 5.41) is 17.4. The van der Waals surface area contributed by atoms with Crippen LogP contribution in [-0.4, -0.2) is 64.6 Å². The number of fused-ring (bicyclic) bond motifs is 1. The molecule has 0 amide bonds. The summed E-state index contributed by atoms with van der Waals surface area (Å²) in [5.41, 5.74) is 2.26. The molecule has 2 aliphatic rings. The number of hydrogen-bond acceptors (Lipinski definition) is 9. The van der Waals surface area contributed by atoms with E-state index in [0.29, 0.717) is 35.7 Å². The van der Waals surface area contributed by atoms with Crippen LogP contribution in [0.3, 0.4) is 0 Å². The highest BCUT2D eigenvalue weighted by atomic mass is 16.5. The van der Waals surface area contributed by atoms with Crippen molar-refractivity contribution in [1.82, 2.24) is 19.6 Å². The van der Waals surface area contributed by atoms with Crippen molar-refractivity contribution in [3.8, 4) is 17.6 Å². The van der Waals surface area contributed by atoms with Crippen LogP contribution in [-0.2, 0) is 4.74 Å². The number of anilines is 2. The molecule has 0 aromatic carbocycles. The standard InChI is InChI=1S/C24H29N7O3/c1-16-14-30(7-8-33-16)19-9-22(23-17(10-25)11-28-31(23)15-19)34-20-5-3-18(4-6-20)29-24-26-12-21(32-2)13-27-24/h9,11-13,15-16,18,20H,3-8,14H2,1-2H3,(H,26,27,29). The van der Waals surface area contributed by atoms with E-state index in [1.165, 1.54) is 0 Å². The number of methoxy groups -OCH3 is 1. The molecule has 1 N–H and O–H groups in total. The van der Waals surface area contributed by atoms with Gasteiger partial charge in [0.15, 0.2) is 5.75 Å². The third-order valence-corrected chi connectivity index (χ3v) is 6.45. The van der Waals surface area contributed by atoms with Gasteiger partial charge >= 0.3 is 0 Å². The van der Waals surface area contributed by atoms with Gasteiger partial charge in [0.05, 0.1) is 56.4 Å². The van der Waals surface area contributed by atoms with Crippen LogP contribution >= 0.6 is 0 Å². The van der Waals surface area contributed by atoms with Crippen LogP contribution in [0.1, 0.15) is 38.2 Å². The van der Waals surface area contributed by atoms with E-state index >= 15 is 0 Å². The fourth-order valence-electron chi connectivity index (χ4n) is 4.65. The van der Waals surface area contributed by atoms with Gasteiger partial charge in [-0.2, -0.15) is 10.4 Å². The number of nitrogens with zero attached hydrogens (tertiary/aromatic N) is 6. The lowest BCUT2D eigenvalue weighted by atomic mass is 9.93. The highest BCUT2D eigenvalue weighted by Crippen LogP contribution is 2.33. The Hall–Kier alpha value is -3.58. The monoisotopic (exact) mass is 463 g/mol. The number of rotatable bonds is 6. The normalized spacial score (nSPS) is 22.9. The van der Waals surface area contributed by atoms with Crippen LogP contribution < -0.4 is 19.7 Å². The molecule has 4 heterocycles. The van der Waals surface area contributed by atoms with E-state index in [2.05, 4.69) is 38.3 Å². The predicted molar refractivity (Wildman–Crippen MR) is 126 cm³/mol. The number of hydrogen-bond donors (Lipinski definition) is 1. The molecule has 10 heteroatoms. The summed E-state index contributed by atoms with van der Waals surface area (Å²) in [6, 6.07) is 4.58. The highest BCUT2D eigenvalue weighted by Gasteiger charge is 2.26.